The number of amides is 1. The summed E-state index contributed by atoms with van der Waals surface area (Å²) in [7, 11) is 4.03. The highest BCUT2D eigenvalue weighted by molar-refractivity contribution is 6.30. The molecule has 0 bridgehead atoms. The molecule has 5 nitrogen and oxygen atoms in total. The van der Waals surface area contributed by atoms with Crippen LogP contribution in [0.5, 0.6) is 0 Å². The van der Waals surface area contributed by atoms with Gasteiger partial charge in [-0.3, -0.25) is 9.48 Å². The summed E-state index contributed by atoms with van der Waals surface area (Å²) in [6.45, 7) is 1.40. The second-order valence-electron chi connectivity index (χ2n) is 5.69. The lowest BCUT2D eigenvalue weighted by Gasteiger charge is -2.12. The number of aromatic nitrogens is 2. The van der Waals surface area contributed by atoms with E-state index < -0.39 is 0 Å². The first-order chi connectivity index (χ1) is 11.0. The number of anilines is 1. The van der Waals surface area contributed by atoms with Gasteiger partial charge in [0.1, 0.15) is 0 Å². The molecule has 0 unspecified atom stereocenters. The van der Waals surface area contributed by atoms with Gasteiger partial charge in [-0.25, -0.2) is 0 Å². The fourth-order valence-electron chi connectivity index (χ4n) is 2.24. The normalized spacial score (nSPS) is 10.6. The van der Waals surface area contributed by atoms with Gasteiger partial charge in [0.25, 0.3) is 0 Å². The first-order valence-corrected chi connectivity index (χ1v) is 8.13. The highest BCUT2D eigenvalue weighted by Gasteiger charge is 2.03. The molecule has 0 atom stereocenters. The minimum atomic E-state index is 0.0835. The van der Waals surface area contributed by atoms with Crippen molar-refractivity contribution in [1.29, 1.82) is 0 Å². The molecule has 6 heteroatoms. The van der Waals surface area contributed by atoms with Crippen LogP contribution in [0.3, 0.4) is 0 Å². The summed E-state index contributed by atoms with van der Waals surface area (Å²) in [6.07, 6.45) is 5.49. The van der Waals surface area contributed by atoms with Crippen molar-refractivity contribution in [3.8, 4) is 0 Å². The van der Waals surface area contributed by atoms with Crippen molar-refractivity contribution >= 4 is 23.2 Å². The molecule has 0 aliphatic carbocycles. The minimum Gasteiger partial charge on any atom is -0.378 e. The SMILES string of the molecule is CN(C)c1ccc(CCC(=O)NCCCn2cc(Cl)cn2)cc1. The summed E-state index contributed by atoms with van der Waals surface area (Å²) in [6, 6.07) is 8.29. The molecule has 1 N–H and O–H groups in total. The van der Waals surface area contributed by atoms with Gasteiger partial charge in [-0.05, 0) is 30.5 Å². The molecule has 2 rings (SSSR count). The largest absolute Gasteiger partial charge is 0.378 e. The van der Waals surface area contributed by atoms with E-state index in [0.29, 0.717) is 18.0 Å². The molecule has 2 aromatic rings. The molecule has 0 saturated carbocycles. The molecule has 1 amide bonds. The van der Waals surface area contributed by atoms with E-state index in [-0.39, 0.29) is 5.91 Å². The topological polar surface area (TPSA) is 50.2 Å². The van der Waals surface area contributed by atoms with Crippen molar-refractivity contribution in [2.75, 3.05) is 25.5 Å². The van der Waals surface area contributed by atoms with Crippen LogP contribution >= 0.6 is 11.6 Å². The fraction of sp³-hybridized carbons (Fsp3) is 0.412. The van der Waals surface area contributed by atoms with E-state index in [2.05, 4.69) is 39.6 Å². The lowest BCUT2D eigenvalue weighted by molar-refractivity contribution is -0.121. The van der Waals surface area contributed by atoms with Gasteiger partial charge in [-0.1, -0.05) is 23.7 Å². The van der Waals surface area contributed by atoms with Crippen LogP contribution in [0.15, 0.2) is 36.7 Å². The van der Waals surface area contributed by atoms with E-state index in [0.717, 1.165) is 25.1 Å². The number of carbonyl (C=O) groups excluding carboxylic acids is 1. The maximum atomic E-state index is 11.8. The van der Waals surface area contributed by atoms with Crippen LogP contribution in [-0.2, 0) is 17.8 Å². The number of aryl methyl sites for hydroxylation is 2. The second kappa shape index (κ2) is 8.58. The highest BCUT2D eigenvalue weighted by Crippen LogP contribution is 2.13. The predicted octanol–water partition coefficient (Wildman–Crippen LogP) is 2.74. The summed E-state index contributed by atoms with van der Waals surface area (Å²) in [5, 5.41) is 7.67. The Morgan fingerprint density at radius 2 is 2.04 bits per heavy atom. The average molecular weight is 335 g/mol. The van der Waals surface area contributed by atoms with Crippen molar-refractivity contribution in [2.24, 2.45) is 0 Å². The van der Waals surface area contributed by atoms with Crippen LogP contribution in [0.4, 0.5) is 5.69 Å². The summed E-state index contributed by atoms with van der Waals surface area (Å²) in [4.78, 5) is 13.9. The molecule has 23 heavy (non-hydrogen) atoms. The predicted molar refractivity (Wildman–Crippen MR) is 94.0 cm³/mol. The second-order valence-corrected chi connectivity index (χ2v) is 6.12. The van der Waals surface area contributed by atoms with Crippen molar-refractivity contribution in [3.63, 3.8) is 0 Å². The van der Waals surface area contributed by atoms with E-state index in [1.165, 1.54) is 5.56 Å². The van der Waals surface area contributed by atoms with Crippen molar-refractivity contribution < 1.29 is 4.79 Å². The number of nitrogens with one attached hydrogen (secondary N) is 1. The zero-order valence-corrected chi connectivity index (χ0v) is 14.4. The van der Waals surface area contributed by atoms with Crippen LogP contribution in [0, 0.1) is 0 Å². The van der Waals surface area contributed by atoms with E-state index >= 15 is 0 Å². The summed E-state index contributed by atoms with van der Waals surface area (Å²) in [5.74, 6) is 0.0835. The highest BCUT2D eigenvalue weighted by atomic mass is 35.5. The van der Waals surface area contributed by atoms with Gasteiger partial charge in [0.05, 0.1) is 11.2 Å². The molecule has 124 valence electrons. The Kier molecular flexibility index (Phi) is 6.47. The first-order valence-electron chi connectivity index (χ1n) is 7.75. The molecule has 0 spiro atoms. The molecule has 1 aromatic carbocycles. The van der Waals surface area contributed by atoms with Crippen LogP contribution in [0.1, 0.15) is 18.4 Å². The van der Waals surface area contributed by atoms with Gasteiger partial charge in [0, 0.05) is 45.5 Å². The smallest absolute Gasteiger partial charge is 0.220 e. The third-order valence-corrected chi connectivity index (χ3v) is 3.78. The third-order valence-electron chi connectivity index (χ3n) is 3.58. The molecule has 1 heterocycles. The van der Waals surface area contributed by atoms with Crippen molar-refractivity contribution in [3.05, 3.63) is 47.2 Å². The first kappa shape index (κ1) is 17.3. The molecule has 0 fully saturated rings. The van der Waals surface area contributed by atoms with Gasteiger partial charge in [0.15, 0.2) is 0 Å². The number of benzene rings is 1. The lowest BCUT2D eigenvalue weighted by atomic mass is 10.1. The van der Waals surface area contributed by atoms with E-state index in [9.17, 15) is 4.79 Å². The average Bonchev–Trinajstić information content (AvgIpc) is 2.95. The number of carbonyl (C=O) groups is 1. The Balaban J connectivity index is 1.63. The fourth-order valence-corrected chi connectivity index (χ4v) is 2.39. The van der Waals surface area contributed by atoms with Crippen LogP contribution in [0.25, 0.3) is 0 Å². The standard InChI is InChI=1S/C17H23ClN4O/c1-21(2)16-7-4-14(5-8-16)6-9-17(23)19-10-3-11-22-13-15(18)12-20-22/h4-5,7-8,12-13H,3,6,9-11H2,1-2H3,(H,19,23). The van der Waals surface area contributed by atoms with E-state index in [1.54, 1.807) is 17.1 Å². The van der Waals surface area contributed by atoms with Crippen molar-refractivity contribution in [2.45, 2.75) is 25.8 Å². The molecular formula is C17H23ClN4O. The van der Waals surface area contributed by atoms with Gasteiger partial charge in [-0.2, -0.15) is 5.10 Å². The number of nitrogens with zero attached hydrogens (tertiary/aromatic N) is 3. The summed E-state index contributed by atoms with van der Waals surface area (Å²) < 4.78 is 1.78. The zero-order chi connectivity index (χ0) is 16.7. The number of halogens is 1. The Bertz CT molecular complexity index is 622. The monoisotopic (exact) mass is 334 g/mol. The Morgan fingerprint density at radius 1 is 1.30 bits per heavy atom. The Morgan fingerprint density at radius 3 is 2.65 bits per heavy atom. The Hall–Kier alpha value is -2.01. The van der Waals surface area contributed by atoms with Crippen LogP contribution < -0.4 is 10.2 Å². The Labute approximate surface area is 142 Å². The third kappa shape index (κ3) is 5.94. The molecule has 0 aliphatic heterocycles. The molecule has 0 saturated heterocycles. The van der Waals surface area contributed by atoms with Gasteiger partial charge in [0.2, 0.25) is 5.91 Å². The van der Waals surface area contributed by atoms with Crippen LogP contribution in [-0.4, -0.2) is 36.3 Å². The number of hydrogen-bond acceptors (Lipinski definition) is 3. The van der Waals surface area contributed by atoms with Gasteiger partial charge in [-0.15, -0.1) is 0 Å². The van der Waals surface area contributed by atoms with Crippen molar-refractivity contribution in [1.82, 2.24) is 15.1 Å². The maximum absolute atomic E-state index is 11.8. The summed E-state index contributed by atoms with van der Waals surface area (Å²) in [5.41, 5.74) is 2.34. The maximum Gasteiger partial charge on any atom is 0.220 e. The number of rotatable bonds is 8. The van der Waals surface area contributed by atoms with Gasteiger partial charge < -0.3 is 10.2 Å². The zero-order valence-electron chi connectivity index (χ0n) is 13.6. The summed E-state index contributed by atoms with van der Waals surface area (Å²) >= 11 is 5.79. The lowest BCUT2D eigenvalue weighted by Crippen LogP contribution is -2.25. The van der Waals surface area contributed by atoms with Gasteiger partial charge >= 0.3 is 0 Å². The number of hydrogen-bond donors (Lipinski definition) is 1. The molecule has 0 aliphatic rings. The quantitative estimate of drug-likeness (QED) is 0.755. The van der Waals surface area contributed by atoms with E-state index in [4.69, 9.17) is 11.6 Å². The molecular weight excluding hydrogens is 312 g/mol. The van der Waals surface area contributed by atoms with Crippen LogP contribution in [0.2, 0.25) is 5.02 Å². The molecule has 1 aromatic heterocycles. The molecule has 0 radical (unpaired) electrons. The minimum absolute atomic E-state index is 0.0835. The van der Waals surface area contributed by atoms with E-state index in [1.807, 2.05) is 14.1 Å².